The highest BCUT2D eigenvalue weighted by Gasteiger charge is 2.15. The van der Waals surface area contributed by atoms with E-state index in [2.05, 4.69) is 19.2 Å². The first kappa shape index (κ1) is 17.0. The Morgan fingerprint density at radius 3 is 2.58 bits per heavy atom. The third kappa shape index (κ3) is 5.82. The van der Waals surface area contributed by atoms with E-state index in [-0.39, 0.29) is 6.04 Å². The van der Waals surface area contributed by atoms with E-state index in [4.69, 9.17) is 23.2 Å². The van der Waals surface area contributed by atoms with Gasteiger partial charge >= 0.3 is 0 Å². The fourth-order valence-corrected chi connectivity index (χ4v) is 3.21. The van der Waals surface area contributed by atoms with Crippen LogP contribution in [0.1, 0.15) is 38.3 Å². The average molecular weight is 322 g/mol. The zero-order chi connectivity index (χ0) is 14.4. The molecule has 1 rings (SSSR count). The van der Waals surface area contributed by atoms with Gasteiger partial charge in [0.15, 0.2) is 0 Å². The number of rotatable bonds is 7. The minimum atomic E-state index is -0.738. The lowest BCUT2D eigenvalue weighted by atomic mass is 10.0. The summed E-state index contributed by atoms with van der Waals surface area (Å²) in [4.78, 5) is 0. The van der Waals surface area contributed by atoms with E-state index in [0.29, 0.717) is 16.1 Å². The van der Waals surface area contributed by atoms with E-state index >= 15 is 0 Å². The average Bonchev–Trinajstić information content (AvgIpc) is 2.34. The van der Waals surface area contributed by atoms with E-state index in [1.165, 1.54) is 0 Å². The second kappa shape index (κ2) is 8.25. The van der Waals surface area contributed by atoms with Crippen molar-refractivity contribution in [1.29, 1.82) is 0 Å². The van der Waals surface area contributed by atoms with Crippen LogP contribution in [0.2, 0.25) is 10.0 Å². The summed E-state index contributed by atoms with van der Waals surface area (Å²) < 4.78 is 11.1. The van der Waals surface area contributed by atoms with Crippen LogP contribution in [0.4, 0.5) is 0 Å². The minimum absolute atomic E-state index is 0.199. The molecule has 0 aliphatic heterocycles. The summed E-state index contributed by atoms with van der Waals surface area (Å²) in [5.74, 6) is 0.721. The number of halogens is 2. The van der Waals surface area contributed by atoms with Crippen LogP contribution >= 0.6 is 23.2 Å². The second-order valence-electron chi connectivity index (χ2n) is 4.76. The largest absolute Gasteiger partial charge is 0.307 e. The van der Waals surface area contributed by atoms with E-state index < -0.39 is 10.8 Å². The Morgan fingerprint density at radius 2 is 2.05 bits per heavy atom. The molecule has 2 nitrogen and oxygen atoms in total. The first-order chi connectivity index (χ1) is 8.93. The molecule has 0 amide bonds. The Hall–Kier alpha value is -0.0900. The van der Waals surface area contributed by atoms with Gasteiger partial charge in [-0.3, -0.25) is 4.21 Å². The van der Waals surface area contributed by atoms with Crippen LogP contribution in [0.3, 0.4) is 0 Å². The van der Waals surface area contributed by atoms with Crippen molar-refractivity contribution in [3.05, 3.63) is 33.8 Å². The number of benzene rings is 1. The monoisotopic (exact) mass is 321 g/mol. The number of nitrogens with one attached hydrogen (secondary N) is 1. The van der Waals surface area contributed by atoms with Gasteiger partial charge < -0.3 is 5.32 Å². The predicted molar refractivity (Wildman–Crippen MR) is 85.6 cm³/mol. The van der Waals surface area contributed by atoms with Gasteiger partial charge in [-0.05, 0) is 37.5 Å². The zero-order valence-corrected chi connectivity index (χ0v) is 13.9. The van der Waals surface area contributed by atoms with Gasteiger partial charge in [-0.15, -0.1) is 0 Å². The molecule has 0 heterocycles. The van der Waals surface area contributed by atoms with Gasteiger partial charge in [0.05, 0.1) is 0 Å². The second-order valence-corrected chi connectivity index (χ2v) is 7.16. The highest BCUT2D eigenvalue weighted by atomic mass is 35.5. The summed E-state index contributed by atoms with van der Waals surface area (Å²) in [6, 6.07) is 6.11. The van der Waals surface area contributed by atoms with Crippen molar-refractivity contribution in [3.63, 3.8) is 0 Å². The molecule has 0 aliphatic carbocycles. The van der Waals surface area contributed by atoms with Gasteiger partial charge in [-0.25, -0.2) is 0 Å². The van der Waals surface area contributed by atoms with Crippen LogP contribution in [0.25, 0.3) is 0 Å². The molecule has 0 spiro atoms. The van der Waals surface area contributed by atoms with Gasteiger partial charge in [0.25, 0.3) is 0 Å². The Kier molecular flexibility index (Phi) is 7.37. The molecule has 19 heavy (non-hydrogen) atoms. The maximum absolute atomic E-state index is 11.1. The Morgan fingerprint density at radius 1 is 1.37 bits per heavy atom. The molecule has 0 bridgehead atoms. The molecule has 0 radical (unpaired) electrons. The lowest BCUT2D eigenvalue weighted by Crippen LogP contribution is -2.31. The van der Waals surface area contributed by atoms with Crippen molar-refractivity contribution in [2.45, 2.75) is 38.8 Å². The number of hydrogen-bond donors (Lipinski definition) is 1. The predicted octanol–water partition coefficient (Wildman–Crippen LogP) is 4.19. The molecule has 3 atom stereocenters. The normalized spacial score (nSPS) is 16.1. The molecular formula is C14H21Cl2NOS. The standard InChI is InChI=1S/C14H21Cl2NOS/c1-4-14(17-10(2)7-8-19(3)18)12-6-5-11(15)9-13(12)16/h5-6,9-10,14,17H,4,7-8H2,1-3H3. The first-order valence-corrected chi connectivity index (χ1v) is 8.93. The maximum atomic E-state index is 11.1. The van der Waals surface area contributed by atoms with Crippen LogP contribution in [-0.2, 0) is 10.8 Å². The van der Waals surface area contributed by atoms with Crippen molar-refractivity contribution in [1.82, 2.24) is 5.32 Å². The van der Waals surface area contributed by atoms with E-state index in [1.54, 1.807) is 12.3 Å². The van der Waals surface area contributed by atoms with Crippen molar-refractivity contribution in [2.75, 3.05) is 12.0 Å². The van der Waals surface area contributed by atoms with Gasteiger partial charge in [0.2, 0.25) is 0 Å². The SMILES string of the molecule is CCC(NC(C)CCS(C)=O)c1ccc(Cl)cc1Cl. The molecule has 1 aromatic carbocycles. The summed E-state index contributed by atoms with van der Waals surface area (Å²) in [7, 11) is -0.738. The van der Waals surface area contributed by atoms with E-state index in [0.717, 1.165) is 24.2 Å². The quantitative estimate of drug-likeness (QED) is 0.815. The fourth-order valence-electron chi connectivity index (χ4n) is 1.98. The van der Waals surface area contributed by atoms with Crippen LogP contribution in [0.5, 0.6) is 0 Å². The summed E-state index contributed by atoms with van der Waals surface area (Å²) in [5, 5.41) is 4.88. The summed E-state index contributed by atoms with van der Waals surface area (Å²) in [6.07, 6.45) is 3.58. The molecule has 1 N–H and O–H groups in total. The summed E-state index contributed by atoms with van der Waals surface area (Å²) >= 11 is 12.2. The highest BCUT2D eigenvalue weighted by molar-refractivity contribution is 7.84. The molecule has 1 aromatic rings. The molecule has 108 valence electrons. The van der Waals surface area contributed by atoms with E-state index in [9.17, 15) is 4.21 Å². The fraction of sp³-hybridized carbons (Fsp3) is 0.571. The molecule has 0 aliphatic rings. The van der Waals surface area contributed by atoms with Gasteiger partial charge in [0, 0.05) is 44.9 Å². The van der Waals surface area contributed by atoms with Gasteiger partial charge in [-0.1, -0.05) is 36.2 Å². The third-order valence-electron chi connectivity index (χ3n) is 3.07. The van der Waals surface area contributed by atoms with Crippen molar-refractivity contribution >= 4 is 34.0 Å². The van der Waals surface area contributed by atoms with E-state index in [1.807, 2.05) is 12.1 Å². The lowest BCUT2D eigenvalue weighted by Gasteiger charge is -2.23. The van der Waals surface area contributed by atoms with Crippen LogP contribution in [0, 0.1) is 0 Å². The highest BCUT2D eigenvalue weighted by Crippen LogP contribution is 2.28. The Bertz CT molecular complexity index is 439. The lowest BCUT2D eigenvalue weighted by molar-refractivity contribution is 0.438. The number of hydrogen-bond acceptors (Lipinski definition) is 2. The van der Waals surface area contributed by atoms with Crippen molar-refractivity contribution in [2.24, 2.45) is 0 Å². The molecule has 0 saturated heterocycles. The molecule has 5 heteroatoms. The minimum Gasteiger partial charge on any atom is -0.307 e. The van der Waals surface area contributed by atoms with Crippen LogP contribution in [0.15, 0.2) is 18.2 Å². The Labute approximate surface area is 128 Å². The molecule has 0 saturated carbocycles. The van der Waals surface area contributed by atoms with Gasteiger partial charge in [-0.2, -0.15) is 0 Å². The zero-order valence-electron chi connectivity index (χ0n) is 11.6. The summed E-state index contributed by atoms with van der Waals surface area (Å²) in [6.45, 7) is 4.23. The molecular weight excluding hydrogens is 301 g/mol. The topological polar surface area (TPSA) is 29.1 Å². The van der Waals surface area contributed by atoms with Crippen LogP contribution < -0.4 is 5.32 Å². The third-order valence-corrected chi connectivity index (χ3v) is 4.44. The summed E-state index contributed by atoms with van der Waals surface area (Å²) in [5.41, 5.74) is 1.07. The first-order valence-electron chi connectivity index (χ1n) is 6.45. The smallest absolute Gasteiger partial charge is 0.0468 e. The van der Waals surface area contributed by atoms with Crippen LogP contribution in [-0.4, -0.2) is 22.3 Å². The maximum Gasteiger partial charge on any atom is 0.0468 e. The molecule has 0 fully saturated rings. The molecule has 0 aromatic heterocycles. The van der Waals surface area contributed by atoms with Crippen molar-refractivity contribution in [3.8, 4) is 0 Å². The molecule has 3 unspecified atom stereocenters. The Balaban J connectivity index is 2.69. The van der Waals surface area contributed by atoms with Gasteiger partial charge in [0.1, 0.15) is 0 Å². The van der Waals surface area contributed by atoms with Crippen molar-refractivity contribution < 1.29 is 4.21 Å².